The van der Waals surface area contributed by atoms with Crippen LogP contribution in [0.3, 0.4) is 0 Å². The van der Waals surface area contributed by atoms with Gasteiger partial charge >= 0.3 is 0 Å². The maximum Gasteiger partial charge on any atom is 0.251 e. The zero-order valence-electron chi connectivity index (χ0n) is 17.4. The number of nitrogens with one attached hydrogen (secondary N) is 1. The van der Waals surface area contributed by atoms with E-state index in [9.17, 15) is 4.79 Å². The first-order chi connectivity index (χ1) is 14.2. The average molecular weight is 390 g/mol. The second-order valence-electron chi connectivity index (χ2n) is 8.34. The van der Waals surface area contributed by atoms with Crippen molar-refractivity contribution in [3.63, 3.8) is 0 Å². The molecule has 2 aromatic carbocycles. The normalized spacial score (nSPS) is 14.9. The molecule has 0 radical (unpaired) electrons. The molecular formula is C25H31N3O. The van der Waals surface area contributed by atoms with Crippen LogP contribution in [-0.2, 0) is 13.0 Å². The van der Waals surface area contributed by atoms with Crippen molar-refractivity contribution in [3.05, 3.63) is 65.5 Å². The number of amides is 1. The highest BCUT2D eigenvalue weighted by Gasteiger charge is 2.16. The third-order valence-electron chi connectivity index (χ3n) is 6.13. The van der Waals surface area contributed by atoms with Crippen molar-refractivity contribution in [1.29, 1.82) is 0 Å². The van der Waals surface area contributed by atoms with Crippen LogP contribution in [0.15, 0.2) is 48.5 Å². The maximum atomic E-state index is 12.4. The summed E-state index contributed by atoms with van der Waals surface area (Å²) >= 11 is 0. The molecule has 0 aliphatic heterocycles. The third kappa shape index (κ3) is 4.87. The van der Waals surface area contributed by atoms with Crippen molar-refractivity contribution >= 4 is 16.9 Å². The Morgan fingerprint density at radius 3 is 2.76 bits per heavy atom. The predicted molar refractivity (Wildman–Crippen MR) is 118 cm³/mol. The van der Waals surface area contributed by atoms with Gasteiger partial charge in [0.15, 0.2) is 0 Å². The fraction of sp³-hybridized carbons (Fsp3) is 0.440. The van der Waals surface area contributed by atoms with Gasteiger partial charge in [0.1, 0.15) is 5.82 Å². The molecule has 0 bridgehead atoms. The van der Waals surface area contributed by atoms with Gasteiger partial charge in [-0.2, -0.15) is 0 Å². The Kier molecular flexibility index (Phi) is 6.28. The third-order valence-corrected chi connectivity index (χ3v) is 6.13. The van der Waals surface area contributed by atoms with Crippen molar-refractivity contribution in [2.24, 2.45) is 5.92 Å². The molecule has 1 N–H and O–H groups in total. The summed E-state index contributed by atoms with van der Waals surface area (Å²) in [4.78, 5) is 17.3. The Morgan fingerprint density at radius 2 is 1.93 bits per heavy atom. The van der Waals surface area contributed by atoms with Crippen molar-refractivity contribution in [1.82, 2.24) is 14.9 Å². The zero-order chi connectivity index (χ0) is 20.1. The smallest absolute Gasteiger partial charge is 0.251 e. The zero-order valence-corrected chi connectivity index (χ0v) is 17.4. The molecule has 4 heteroatoms. The summed E-state index contributed by atoms with van der Waals surface area (Å²) in [5.41, 5.74) is 4.08. The summed E-state index contributed by atoms with van der Waals surface area (Å²) in [6.45, 7) is 3.62. The Bertz CT molecular complexity index is 969. The molecule has 1 heterocycles. The number of hydrogen-bond acceptors (Lipinski definition) is 2. The molecular weight excluding hydrogens is 358 g/mol. The monoisotopic (exact) mass is 389 g/mol. The van der Waals surface area contributed by atoms with E-state index in [1.54, 1.807) is 0 Å². The number of aromatic nitrogens is 2. The van der Waals surface area contributed by atoms with Gasteiger partial charge in [-0.25, -0.2) is 4.98 Å². The SMILES string of the molecule is Cc1cccc(C(=O)NCCc2nc3ccccc3n2CCC2CCCCC2)c1. The van der Waals surface area contributed by atoms with E-state index < -0.39 is 0 Å². The largest absolute Gasteiger partial charge is 0.352 e. The van der Waals surface area contributed by atoms with E-state index in [1.165, 1.54) is 44.0 Å². The molecule has 1 aliphatic carbocycles. The number of rotatable bonds is 7. The van der Waals surface area contributed by atoms with Gasteiger partial charge < -0.3 is 9.88 Å². The summed E-state index contributed by atoms with van der Waals surface area (Å²) in [5, 5.41) is 3.06. The van der Waals surface area contributed by atoms with Crippen LogP contribution in [0.2, 0.25) is 0 Å². The lowest BCUT2D eigenvalue weighted by Crippen LogP contribution is -2.26. The van der Waals surface area contributed by atoms with Crippen LogP contribution in [0.25, 0.3) is 11.0 Å². The van der Waals surface area contributed by atoms with Gasteiger partial charge in [-0.3, -0.25) is 4.79 Å². The van der Waals surface area contributed by atoms with Crippen LogP contribution in [0.5, 0.6) is 0 Å². The van der Waals surface area contributed by atoms with Gasteiger partial charge in [-0.15, -0.1) is 0 Å². The lowest BCUT2D eigenvalue weighted by Gasteiger charge is -2.22. The first-order valence-corrected chi connectivity index (χ1v) is 11.0. The Labute approximate surface area is 173 Å². The standard InChI is InChI=1S/C25H31N3O/c1-19-8-7-11-21(18-19)25(29)26-16-14-24-27-22-12-5-6-13-23(22)28(24)17-15-20-9-3-2-4-10-20/h5-8,11-13,18,20H,2-4,9-10,14-17H2,1H3,(H,26,29). The molecule has 3 aromatic rings. The molecule has 0 spiro atoms. The molecule has 0 atom stereocenters. The molecule has 0 unspecified atom stereocenters. The van der Waals surface area contributed by atoms with E-state index in [0.717, 1.165) is 41.4 Å². The van der Waals surface area contributed by atoms with Gasteiger partial charge in [0.25, 0.3) is 5.91 Å². The summed E-state index contributed by atoms with van der Waals surface area (Å²) in [7, 11) is 0. The van der Waals surface area contributed by atoms with Gasteiger partial charge in [0, 0.05) is 25.1 Å². The first kappa shape index (κ1) is 19.7. The van der Waals surface area contributed by atoms with Crippen LogP contribution in [0.1, 0.15) is 60.3 Å². The van der Waals surface area contributed by atoms with E-state index in [-0.39, 0.29) is 5.91 Å². The molecule has 1 aromatic heterocycles. The van der Waals surface area contributed by atoms with Gasteiger partial charge in [-0.1, -0.05) is 61.9 Å². The molecule has 1 amide bonds. The van der Waals surface area contributed by atoms with Gasteiger partial charge in [0.2, 0.25) is 0 Å². The quantitative estimate of drug-likeness (QED) is 0.597. The lowest BCUT2D eigenvalue weighted by molar-refractivity contribution is 0.0954. The van der Waals surface area contributed by atoms with Crippen LogP contribution in [0.4, 0.5) is 0 Å². The summed E-state index contributed by atoms with van der Waals surface area (Å²) < 4.78 is 2.38. The lowest BCUT2D eigenvalue weighted by atomic mass is 9.87. The van der Waals surface area contributed by atoms with Crippen LogP contribution < -0.4 is 5.32 Å². The number of nitrogens with zero attached hydrogens (tertiary/aromatic N) is 2. The number of carbonyl (C=O) groups excluding carboxylic acids is 1. The molecule has 4 rings (SSSR count). The fourth-order valence-corrected chi connectivity index (χ4v) is 4.53. The first-order valence-electron chi connectivity index (χ1n) is 11.0. The van der Waals surface area contributed by atoms with Crippen LogP contribution in [-0.4, -0.2) is 22.0 Å². The highest BCUT2D eigenvalue weighted by atomic mass is 16.1. The molecule has 1 saturated carbocycles. The number of fused-ring (bicyclic) bond motifs is 1. The minimum absolute atomic E-state index is 0.0152. The molecule has 0 saturated heterocycles. The van der Waals surface area contributed by atoms with Crippen molar-refractivity contribution in [3.8, 4) is 0 Å². The number of aryl methyl sites for hydroxylation is 2. The molecule has 29 heavy (non-hydrogen) atoms. The Hall–Kier alpha value is -2.62. The highest BCUT2D eigenvalue weighted by Crippen LogP contribution is 2.28. The van der Waals surface area contributed by atoms with E-state index >= 15 is 0 Å². The van der Waals surface area contributed by atoms with E-state index in [2.05, 4.69) is 28.1 Å². The number of para-hydroxylation sites is 2. The van der Waals surface area contributed by atoms with Gasteiger partial charge in [0.05, 0.1) is 11.0 Å². The van der Waals surface area contributed by atoms with Crippen molar-refractivity contribution < 1.29 is 4.79 Å². The van der Waals surface area contributed by atoms with Crippen LogP contribution in [0, 0.1) is 12.8 Å². The second kappa shape index (κ2) is 9.25. The minimum atomic E-state index is -0.0152. The highest BCUT2D eigenvalue weighted by molar-refractivity contribution is 5.94. The van der Waals surface area contributed by atoms with Gasteiger partial charge in [-0.05, 0) is 43.5 Å². The van der Waals surface area contributed by atoms with Crippen molar-refractivity contribution in [2.75, 3.05) is 6.54 Å². The molecule has 152 valence electrons. The van der Waals surface area contributed by atoms with Crippen LogP contribution >= 0.6 is 0 Å². The number of benzene rings is 2. The predicted octanol–water partition coefficient (Wildman–Crippen LogP) is 5.29. The summed E-state index contributed by atoms with van der Waals surface area (Å²) in [6.07, 6.45) is 8.87. The Morgan fingerprint density at radius 1 is 1.10 bits per heavy atom. The average Bonchev–Trinajstić information content (AvgIpc) is 3.10. The number of imidazole rings is 1. The summed E-state index contributed by atoms with van der Waals surface area (Å²) in [5.74, 6) is 1.91. The van der Waals surface area contributed by atoms with Crippen molar-refractivity contribution in [2.45, 2.75) is 58.4 Å². The summed E-state index contributed by atoms with van der Waals surface area (Å²) in [6, 6.07) is 16.1. The van der Waals surface area contributed by atoms with E-state index in [4.69, 9.17) is 4.98 Å². The maximum absolute atomic E-state index is 12.4. The molecule has 1 fully saturated rings. The Balaban J connectivity index is 1.42. The molecule has 1 aliphatic rings. The fourth-order valence-electron chi connectivity index (χ4n) is 4.53. The topological polar surface area (TPSA) is 46.9 Å². The molecule has 4 nitrogen and oxygen atoms in total. The number of hydrogen-bond donors (Lipinski definition) is 1. The number of carbonyl (C=O) groups is 1. The minimum Gasteiger partial charge on any atom is -0.352 e. The van der Waals surface area contributed by atoms with E-state index in [0.29, 0.717) is 6.54 Å². The second-order valence-corrected chi connectivity index (χ2v) is 8.34. The van der Waals surface area contributed by atoms with E-state index in [1.807, 2.05) is 37.3 Å².